The van der Waals surface area contributed by atoms with E-state index in [0.29, 0.717) is 0 Å². The van der Waals surface area contributed by atoms with Gasteiger partial charge in [0.05, 0.1) is 5.69 Å². The summed E-state index contributed by atoms with van der Waals surface area (Å²) in [5, 5.41) is 0. The first-order chi connectivity index (χ1) is 15.4. The van der Waals surface area contributed by atoms with Gasteiger partial charge in [-0.05, 0) is 36.4 Å². The second kappa shape index (κ2) is 9.50. The van der Waals surface area contributed by atoms with Crippen molar-refractivity contribution in [2.24, 2.45) is 0 Å². The predicted molar refractivity (Wildman–Crippen MR) is 127 cm³/mol. The molecule has 2 aliphatic heterocycles. The van der Waals surface area contributed by atoms with Crippen molar-refractivity contribution in [1.29, 1.82) is 0 Å². The van der Waals surface area contributed by atoms with Gasteiger partial charge in [0.1, 0.15) is 6.17 Å². The minimum absolute atomic E-state index is 0.247. The third-order valence-corrected chi connectivity index (χ3v) is 6.52. The van der Waals surface area contributed by atoms with Gasteiger partial charge in [0.2, 0.25) is 0 Å². The standard InChI is InChI=1S/C26H31N5/c1-3-9-23(10-4-1)28-15-19-30(20-16-28)26(25-13-7-8-14-27-25)31-21-17-29(18-22-31)24-11-5-2-6-12-24/h1-14,26H,15-22H2. The number of aromatic nitrogens is 1. The molecule has 0 amide bonds. The number of rotatable bonds is 5. The lowest BCUT2D eigenvalue weighted by atomic mass is 10.1. The fraction of sp³-hybridized carbons (Fsp3) is 0.346. The highest BCUT2D eigenvalue weighted by Gasteiger charge is 2.32. The first kappa shape index (κ1) is 20.0. The molecule has 0 atom stereocenters. The number of pyridine rings is 1. The molecular weight excluding hydrogens is 382 g/mol. The number of hydrogen-bond acceptors (Lipinski definition) is 5. The molecule has 2 aromatic carbocycles. The molecule has 160 valence electrons. The topological polar surface area (TPSA) is 25.9 Å². The molecule has 0 radical (unpaired) electrons. The fourth-order valence-electron chi connectivity index (χ4n) is 4.86. The molecule has 0 aliphatic carbocycles. The second-order valence-electron chi connectivity index (χ2n) is 8.35. The van der Waals surface area contributed by atoms with Gasteiger partial charge >= 0.3 is 0 Å². The summed E-state index contributed by atoms with van der Waals surface area (Å²) in [6.45, 7) is 8.41. The van der Waals surface area contributed by atoms with Gasteiger partial charge < -0.3 is 9.80 Å². The van der Waals surface area contributed by atoms with Crippen LogP contribution in [0.4, 0.5) is 11.4 Å². The van der Waals surface area contributed by atoms with Gasteiger partial charge in [-0.25, -0.2) is 0 Å². The van der Waals surface area contributed by atoms with Crippen LogP contribution in [-0.2, 0) is 0 Å². The molecule has 5 rings (SSSR count). The average molecular weight is 414 g/mol. The normalized spacial score (nSPS) is 18.5. The molecule has 1 aromatic heterocycles. The highest BCUT2D eigenvalue weighted by atomic mass is 15.4. The van der Waals surface area contributed by atoms with Crippen LogP contribution in [0.1, 0.15) is 11.9 Å². The van der Waals surface area contributed by atoms with Gasteiger partial charge in [0, 0.05) is 69.9 Å². The minimum Gasteiger partial charge on any atom is -0.369 e. The van der Waals surface area contributed by atoms with E-state index in [1.54, 1.807) is 0 Å². The molecule has 2 aliphatic rings. The summed E-state index contributed by atoms with van der Waals surface area (Å²) in [4.78, 5) is 15.0. The number of hydrogen-bond donors (Lipinski definition) is 0. The Morgan fingerprint density at radius 1 is 0.516 bits per heavy atom. The molecule has 2 fully saturated rings. The Morgan fingerprint density at radius 2 is 0.968 bits per heavy atom. The summed E-state index contributed by atoms with van der Waals surface area (Å²) < 4.78 is 0. The van der Waals surface area contributed by atoms with E-state index in [-0.39, 0.29) is 6.17 Å². The molecule has 0 spiro atoms. The van der Waals surface area contributed by atoms with E-state index in [1.165, 1.54) is 17.1 Å². The number of benzene rings is 2. The van der Waals surface area contributed by atoms with E-state index < -0.39 is 0 Å². The third kappa shape index (κ3) is 4.58. The molecule has 0 bridgehead atoms. The van der Waals surface area contributed by atoms with Crippen LogP contribution in [0, 0.1) is 0 Å². The molecule has 31 heavy (non-hydrogen) atoms. The molecule has 5 heteroatoms. The van der Waals surface area contributed by atoms with E-state index in [4.69, 9.17) is 4.98 Å². The van der Waals surface area contributed by atoms with Crippen molar-refractivity contribution < 1.29 is 0 Å². The summed E-state index contributed by atoms with van der Waals surface area (Å²) >= 11 is 0. The Bertz CT molecular complexity index is 858. The van der Waals surface area contributed by atoms with E-state index in [9.17, 15) is 0 Å². The Morgan fingerprint density at radius 3 is 1.39 bits per heavy atom. The lowest BCUT2D eigenvalue weighted by Crippen LogP contribution is -2.56. The molecule has 0 unspecified atom stereocenters. The predicted octanol–water partition coefficient (Wildman–Crippen LogP) is 3.72. The number of nitrogens with zero attached hydrogens (tertiary/aromatic N) is 5. The average Bonchev–Trinajstić information content (AvgIpc) is 2.87. The Kier molecular flexibility index (Phi) is 6.14. The maximum Gasteiger partial charge on any atom is 0.106 e. The van der Waals surface area contributed by atoms with Crippen molar-refractivity contribution in [3.8, 4) is 0 Å². The smallest absolute Gasteiger partial charge is 0.106 e. The summed E-state index contributed by atoms with van der Waals surface area (Å²) in [5.41, 5.74) is 3.82. The Hall–Kier alpha value is -2.89. The largest absolute Gasteiger partial charge is 0.369 e. The molecule has 5 nitrogen and oxygen atoms in total. The van der Waals surface area contributed by atoms with Crippen molar-refractivity contribution in [3.63, 3.8) is 0 Å². The van der Waals surface area contributed by atoms with Crippen molar-refractivity contribution in [2.75, 3.05) is 62.2 Å². The quantitative estimate of drug-likeness (QED) is 0.635. The maximum absolute atomic E-state index is 4.77. The SMILES string of the molecule is c1ccc(N2CCN(C(c3ccccn3)N3CCN(c4ccccc4)CC3)CC2)cc1. The van der Waals surface area contributed by atoms with Gasteiger partial charge in [0.25, 0.3) is 0 Å². The van der Waals surface area contributed by atoms with Crippen LogP contribution in [0.3, 0.4) is 0 Å². The second-order valence-corrected chi connectivity index (χ2v) is 8.35. The summed E-state index contributed by atoms with van der Waals surface area (Å²) in [5.74, 6) is 0. The molecule has 3 aromatic rings. The van der Waals surface area contributed by atoms with Crippen molar-refractivity contribution in [2.45, 2.75) is 6.17 Å². The van der Waals surface area contributed by atoms with E-state index in [1.807, 2.05) is 12.3 Å². The summed E-state index contributed by atoms with van der Waals surface area (Å²) in [7, 11) is 0. The van der Waals surface area contributed by atoms with E-state index in [2.05, 4.69) is 92.4 Å². The first-order valence-electron chi connectivity index (χ1n) is 11.4. The van der Waals surface area contributed by atoms with Crippen LogP contribution in [0.15, 0.2) is 85.1 Å². The highest BCUT2D eigenvalue weighted by Crippen LogP contribution is 2.28. The van der Waals surface area contributed by atoms with Gasteiger partial charge in [-0.3, -0.25) is 14.8 Å². The summed E-state index contributed by atoms with van der Waals surface area (Å²) in [6, 6.07) is 27.9. The number of para-hydroxylation sites is 2. The van der Waals surface area contributed by atoms with Gasteiger partial charge in [-0.2, -0.15) is 0 Å². The lowest BCUT2D eigenvalue weighted by Gasteiger charge is -2.47. The van der Waals surface area contributed by atoms with Crippen LogP contribution >= 0.6 is 0 Å². The van der Waals surface area contributed by atoms with Crippen LogP contribution in [0.2, 0.25) is 0 Å². The van der Waals surface area contributed by atoms with Crippen molar-refractivity contribution in [3.05, 3.63) is 90.8 Å². The molecule has 0 N–H and O–H groups in total. The molecular formula is C26H31N5. The zero-order chi connectivity index (χ0) is 20.9. The van der Waals surface area contributed by atoms with Gasteiger partial charge in [-0.1, -0.05) is 42.5 Å². The monoisotopic (exact) mass is 413 g/mol. The molecule has 2 saturated heterocycles. The van der Waals surface area contributed by atoms with Gasteiger partial charge in [0.15, 0.2) is 0 Å². The first-order valence-corrected chi connectivity index (χ1v) is 11.4. The zero-order valence-corrected chi connectivity index (χ0v) is 18.1. The van der Waals surface area contributed by atoms with E-state index in [0.717, 1.165) is 52.4 Å². The third-order valence-electron chi connectivity index (χ3n) is 6.52. The molecule has 3 heterocycles. The van der Waals surface area contributed by atoms with Gasteiger partial charge in [-0.15, -0.1) is 0 Å². The van der Waals surface area contributed by atoms with Crippen molar-refractivity contribution in [1.82, 2.24) is 14.8 Å². The number of anilines is 2. The zero-order valence-electron chi connectivity index (χ0n) is 18.1. The minimum atomic E-state index is 0.247. The van der Waals surface area contributed by atoms with Crippen LogP contribution in [-0.4, -0.2) is 67.1 Å². The highest BCUT2D eigenvalue weighted by molar-refractivity contribution is 5.47. The molecule has 0 saturated carbocycles. The van der Waals surface area contributed by atoms with Crippen molar-refractivity contribution >= 4 is 11.4 Å². The maximum atomic E-state index is 4.77. The lowest BCUT2D eigenvalue weighted by molar-refractivity contribution is 0.0295. The Labute approximate surface area is 185 Å². The fourth-order valence-corrected chi connectivity index (χ4v) is 4.86. The van der Waals surface area contributed by atoms with E-state index >= 15 is 0 Å². The van der Waals surface area contributed by atoms with Crippen LogP contribution in [0.25, 0.3) is 0 Å². The number of piperazine rings is 2. The summed E-state index contributed by atoms with van der Waals surface area (Å²) in [6.07, 6.45) is 2.18. The van der Waals surface area contributed by atoms with Crippen LogP contribution < -0.4 is 9.80 Å². The van der Waals surface area contributed by atoms with Crippen LogP contribution in [0.5, 0.6) is 0 Å². The Balaban J connectivity index is 1.29.